The molecule has 0 atom stereocenters. The number of aryl methyl sites for hydroxylation is 2. The molecule has 0 saturated heterocycles. The summed E-state index contributed by atoms with van der Waals surface area (Å²) in [5.74, 6) is 1.46. The molecular formula is C21H17ClN4O2. The minimum Gasteiger partial charge on any atom is -0.365 e. The van der Waals surface area contributed by atoms with Crippen molar-refractivity contribution in [3.8, 4) is 11.1 Å². The third kappa shape index (κ3) is 3.46. The number of benzene rings is 2. The highest BCUT2D eigenvalue weighted by molar-refractivity contribution is 6.30. The van der Waals surface area contributed by atoms with E-state index in [-0.39, 0.29) is 5.82 Å². The number of hydrogen-bond acceptors (Lipinski definition) is 6. The molecule has 7 heteroatoms. The van der Waals surface area contributed by atoms with Crippen LogP contribution in [0, 0.1) is 13.8 Å². The summed E-state index contributed by atoms with van der Waals surface area (Å²) < 4.78 is 5.29. The highest BCUT2D eigenvalue weighted by Gasteiger charge is 2.14. The summed E-state index contributed by atoms with van der Waals surface area (Å²) in [5, 5.41) is 8.80. The van der Waals surface area contributed by atoms with E-state index in [1.54, 1.807) is 0 Å². The average Bonchev–Trinajstić information content (AvgIpc) is 3.03. The zero-order valence-corrected chi connectivity index (χ0v) is 16.1. The molecule has 0 saturated carbocycles. The number of nitrogens with zero attached hydrogens (tertiary/aromatic N) is 3. The fourth-order valence-corrected chi connectivity index (χ4v) is 3.43. The van der Waals surface area contributed by atoms with Gasteiger partial charge in [0, 0.05) is 22.5 Å². The molecule has 28 heavy (non-hydrogen) atoms. The molecule has 0 bridgehead atoms. The van der Waals surface area contributed by atoms with Crippen LogP contribution in [0.2, 0.25) is 5.02 Å². The van der Waals surface area contributed by atoms with E-state index >= 15 is 0 Å². The summed E-state index contributed by atoms with van der Waals surface area (Å²) in [5.41, 5.74) is 4.41. The van der Waals surface area contributed by atoms with Crippen molar-refractivity contribution in [2.75, 3.05) is 5.32 Å². The molecule has 0 aliphatic heterocycles. The Hall–Kier alpha value is -3.25. The van der Waals surface area contributed by atoms with Gasteiger partial charge in [-0.2, -0.15) is 0 Å². The number of anilines is 1. The maximum absolute atomic E-state index is 11.3. The van der Waals surface area contributed by atoms with Crippen molar-refractivity contribution in [2.24, 2.45) is 0 Å². The van der Waals surface area contributed by atoms with Gasteiger partial charge in [-0.15, -0.1) is 0 Å². The summed E-state index contributed by atoms with van der Waals surface area (Å²) in [6.45, 7) is 4.30. The van der Waals surface area contributed by atoms with Crippen LogP contribution in [0.25, 0.3) is 22.0 Å². The van der Waals surface area contributed by atoms with Crippen LogP contribution >= 0.6 is 11.6 Å². The summed E-state index contributed by atoms with van der Waals surface area (Å²) in [6, 6.07) is 13.4. The minimum atomic E-state index is 0.131. The highest BCUT2D eigenvalue weighted by Crippen LogP contribution is 2.31. The smallest absolute Gasteiger partial charge is 0.195 e. The first-order chi connectivity index (χ1) is 13.5. The number of fused-ring (bicyclic) bond motifs is 1. The number of carbonyl (C=O) groups is 1. The Labute approximate surface area is 166 Å². The van der Waals surface area contributed by atoms with Crippen LogP contribution in [0.5, 0.6) is 0 Å². The molecule has 2 heterocycles. The normalized spacial score (nSPS) is 11.0. The lowest BCUT2D eigenvalue weighted by atomic mass is 10.0. The van der Waals surface area contributed by atoms with E-state index in [0.29, 0.717) is 29.2 Å². The van der Waals surface area contributed by atoms with E-state index in [4.69, 9.17) is 16.1 Å². The second kappa shape index (κ2) is 7.40. The number of aromatic nitrogens is 3. The lowest BCUT2D eigenvalue weighted by Crippen LogP contribution is -2.05. The van der Waals surface area contributed by atoms with Crippen LogP contribution in [0.3, 0.4) is 0 Å². The molecular weight excluding hydrogens is 376 g/mol. The molecule has 140 valence electrons. The first kappa shape index (κ1) is 18.1. The van der Waals surface area contributed by atoms with Gasteiger partial charge in [-0.3, -0.25) is 4.79 Å². The van der Waals surface area contributed by atoms with Crippen molar-refractivity contribution < 1.29 is 9.32 Å². The van der Waals surface area contributed by atoms with Crippen LogP contribution in [0.4, 0.5) is 5.82 Å². The topological polar surface area (TPSA) is 80.9 Å². The Morgan fingerprint density at radius 2 is 2.00 bits per heavy atom. The number of halogens is 1. The summed E-state index contributed by atoms with van der Waals surface area (Å²) in [4.78, 5) is 19.9. The van der Waals surface area contributed by atoms with Crippen LogP contribution in [-0.4, -0.2) is 21.4 Å². The standard InChI is InChI=1S/C21H17ClN4O2/c1-12-20(13(2)28-26-12)15-6-7-18-17(9-15)21(25-19(11-27)24-18)23-10-14-4-3-5-16(22)8-14/h3-9,11H,10H2,1-2H3,(H,23,24,25). The van der Waals surface area contributed by atoms with Crippen molar-refractivity contribution in [3.63, 3.8) is 0 Å². The van der Waals surface area contributed by atoms with Gasteiger partial charge in [-0.05, 0) is 49.2 Å². The monoisotopic (exact) mass is 392 g/mol. The molecule has 0 radical (unpaired) electrons. The zero-order chi connectivity index (χ0) is 19.7. The van der Waals surface area contributed by atoms with Gasteiger partial charge in [0.15, 0.2) is 12.1 Å². The van der Waals surface area contributed by atoms with Gasteiger partial charge in [-0.1, -0.05) is 35.0 Å². The van der Waals surface area contributed by atoms with E-state index in [0.717, 1.165) is 33.5 Å². The largest absolute Gasteiger partial charge is 0.365 e. The van der Waals surface area contributed by atoms with E-state index in [2.05, 4.69) is 20.4 Å². The molecule has 6 nitrogen and oxygen atoms in total. The Morgan fingerprint density at radius 1 is 1.14 bits per heavy atom. The van der Waals surface area contributed by atoms with Crippen molar-refractivity contribution in [1.29, 1.82) is 0 Å². The predicted molar refractivity (Wildman–Crippen MR) is 109 cm³/mol. The Kier molecular flexibility index (Phi) is 4.79. The molecule has 4 rings (SSSR count). The van der Waals surface area contributed by atoms with Crippen molar-refractivity contribution in [2.45, 2.75) is 20.4 Å². The third-order valence-electron chi connectivity index (χ3n) is 4.49. The fraction of sp³-hybridized carbons (Fsp3) is 0.143. The lowest BCUT2D eigenvalue weighted by molar-refractivity contribution is 0.111. The number of aldehydes is 1. The zero-order valence-electron chi connectivity index (χ0n) is 15.4. The molecule has 1 N–H and O–H groups in total. The molecule has 2 aromatic carbocycles. The average molecular weight is 393 g/mol. The van der Waals surface area contributed by atoms with E-state index < -0.39 is 0 Å². The molecule has 4 aromatic rings. The molecule has 2 aromatic heterocycles. The summed E-state index contributed by atoms with van der Waals surface area (Å²) in [6.07, 6.45) is 0.645. The SMILES string of the molecule is Cc1noc(C)c1-c1ccc2nc(C=O)nc(NCc3cccc(Cl)c3)c2c1. The number of carbonyl (C=O) groups excluding carboxylic acids is 1. The Morgan fingerprint density at radius 3 is 2.71 bits per heavy atom. The van der Waals surface area contributed by atoms with Gasteiger partial charge in [0.25, 0.3) is 0 Å². The maximum atomic E-state index is 11.3. The molecule has 0 aliphatic carbocycles. The van der Waals surface area contributed by atoms with Gasteiger partial charge < -0.3 is 9.84 Å². The van der Waals surface area contributed by atoms with Crippen LogP contribution in [-0.2, 0) is 6.54 Å². The van der Waals surface area contributed by atoms with Crippen molar-refractivity contribution in [3.05, 3.63) is 70.3 Å². The maximum Gasteiger partial charge on any atom is 0.195 e. The third-order valence-corrected chi connectivity index (χ3v) is 4.72. The Bertz CT molecular complexity index is 1170. The van der Waals surface area contributed by atoms with E-state index in [1.807, 2.05) is 56.3 Å². The lowest BCUT2D eigenvalue weighted by Gasteiger charge is -2.11. The van der Waals surface area contributed by atoms with Crippen molar-refractivity contribution >= 4 is 34.6 Å². The number of hydrogen-bond donors (Lipinski definition) is 1. The van der Waals surface area contributed by atoms with Crippen LogP contribution < -0.4 is 5.32 Å². The van der Waals surface area contributed by atoms with Crippen LogP contribution in [0.15, 0.2) is 47.0 Å². The molecule has 0 unspecified atom stereocenters. The van der Waals surface area contributed by atoms with Gasteiger partial charge in [0.2, 0.25) is 0 Å². The van der Waals surface area contributed by atoms with Crippen LogP contribution in [0.1, 0.15) is 27.6 Å². The first-order valence-electron chi connectivity index (χ1n) is 8.73. The van der Waals surface area contributed by atoms with E-state index in [9.17, 15) is 4.79 Å². The summed E-state index contributed by atoms with van der Waals surface area (Å²) in [7, 11) is 0. The number of nitrogens with one attached hydrogen (secondary N) is 1. The molecule has 0 spiro atoms. The van der Waals surface area contributed by atoms with Gasteiger partial charge >= 0.3 is 0 Å². The molecule has 0 amide bonds. The van der Waals surface area contributed by atoms with Gasteiger partial charge in [0.1, 0.15) is 11.6 Å². The van der Waals surface area contributed by atoms with Crippen molar-refractivity contribution in [1.82, 2.24) is 15.1 Å². The minimum absolute atomic E-state index is 0.131. The molecule has 0 fully saturated rings. The molecule has 0 aliphatic rings. The fourth-order valence-electron chi connectivity index (χ4n) is 3.22. The second-order valence-corrected chi connectivity index (χ2v) is 6.90. The number of rotatable bonds is 5. The Balaban J connectivity index is 1.78. The second-order valence-electron chi connectivity index (χ2n) is 6.46. The highest BCUT2D eigenvalue weighted by atomic mass is 35.5. The van der Waals surface area contributed by atoms with Gasteiger partial charge in [0.05, 0.1) is 11.2 Å². The first-order valence-corrected chi connectivity index (χ1v) is 9.11. The summed E-state index contributed by atoms with van der Waals surface area (Å²) >= 11 is 6.06. The quantitative estimate of drug-likeness (QED) is 0.482. The predicted octanol–water partition coefficient (Wildman–Crippen LogP) is 4.98. The van der Waals surface area contributed by atoms with E-state index in [1.165, 1.54) is 0 Å². The van der Waals surface area contributed by atoms with Gasteiger partial charge in [-0.25, -0.2) is 9.97 Å².